The first kappa shape index (κ1) is 18.6. The van der Waals surface area contributed by atoms with Crippen LogP contribution in [0.3, 0.4) is 0 Å². The van der Waals surface area contributed by atoms with Crippen LogP contribution in [0.1, 0.15) is 31.4 Å². The van der Waals surface area contributed by atoms with E-state index in [4.69, 9.17) is 11.6 Å². The highest BCUT2D eigenvalue weighted by molar-refractivity contribution is 6.33. The van der Waals surface area contributed by atoms with Gasteiger partial charge in [0.1, 0.15) is 0 Å². The fourth-order valence-electron chi connectivity index (χ4n) is 4.71. The molecule has 2 aliphatic rings. The Morgan fingerprint density at radius 1 is 1.03 bits per heavy atom. The van der Waals surface area contributed by atoms with Gasteiger partial charge in [0.05, 0.1) is 28.3 Å². The largest absolute Gasteiger partial charge is 0.368 e. The average Bonchev–Trinajstić information content (AvgIpc) is 3.43. The predicted octanol–water partition coefficient (Wildman–Crippen LogP) is 4.76. The zero-order chi connectivity index (χ0) is 19.8. The van der Waals surface area contributed by atoms with Crippen molar-refractivity contribution >= 4 is 29.0 Å². The van der Waals surface area contributed by atoms with E-state index in [1.165, 1.54) is 25.7 Å². The minimum Gasteiger partial charge on any atom is -0.368 e. The van der Waals surface area contributed by atoms with Gasteiger partial charge in [-0.2, -0.15) is 5.10 Å². The van der Waals surface area contributed by atoms with Gasteiger partial charge in [0, 0.05) is 37.8 Å². The van der Waals surface area contributed by atoms with E-state index in [-0.39, 0.29) is 0 Å². The maximum absolute atomic E-state index is 6.73. The fraction of sp³-hybridized carbons (Fsp3) is 0.391. The summed E-state index contributed by atoms with van der Waals surface area (Å²) in [6.45, 7) is 8.14. The first-order chi connectivity index (χ1) is 14.2. The van der Waals surface area contributed by atoms with Gasteiger partial charge < -0.3 is 4.90 Å². The maximum Gasteiger partial charge on any atom is 0.154 e. The molecule has 0 unspecified atom stereocenters. The second-order valence-electron chi connectivity index (χ2n) is 8.00. The van der Waals surface area contributed by atoms with Crippen molar-refractivity contribution in [1.82, 2.24) is 19.5 Å². The molecule has 3 heterocycles. The lowest BCUT2D eigenvalue weighted by atomic mass is 10.1. The SMILES string of the molecule is C=Cc1ccc2ncc(-c3ccc(N4CCN(C5CCCC5)CC4)c(Cl)c3)n2n1. The summed E-state index contributed by atoms with van der Waals surface area (Å²) in [7, 11) is 0. The molecule has 0 bridgehead atoms. The Balaban J connectivity index is 1.36. The van der Waals surface area contributed by atoms with Gasteiger partial charge in [-0.15, -0.1) is 0 Å². The summed E-state index contributed by atoms with van der Waals surface area (Å²) in [6.07, 6.45) is 9.12. The number of nitrogens with zero attached hydrogens (tertiary/aromatic N) is 5. The van der Waals surface area contributed by atoms with Crippen LogP contribution in [0.5, 0.6) is 0 Å². The lowest BCUT2D eigenvalue weighted by molar-refractivity contribution is 0.187. The standard InChI is InChI=1S/C23H26ClN5/c1-2-18-8-10-23-25-16-22(29(23)26-18)17-7-9-21(20(24)15-17)28-13-11-27(12-14-28)19-5-3-4-6-19/h2,7-10,15-16,19H,1,3-6,11-14H2. The monoisotopic (exact) mass is 407 g/mol. The summed E-state index contributed by atoms with van der Waals surface area (Å²) in [5.41, 5.74) is 4.70. The van der Waals surface area contributed by atoms with E-state index in [0.717, 1.165) is 65.5 Å². The molecule has 2 aromatic heterocycles. The first-order valence-electron chi connectivity index (χ1n) is 10.5. The van der Waals surface area contributed by atoms with E-state index in [9.17, 15) is 0 Å². The molecule has 0 atom stereocenters. The molecule has 3 aromatic rings. The van der Waals surface area contributed by atoms with Gasteiger partial charge in [-0.3, -0.25) is 4.90 Å². The van der Waals surface area contributed by atoms with E-state index >= 15 is 0 Å². The summed E-state index contributed by atoms with van der Waals surface area (Å²) in [5, 5.41) is 5.38. The van der Waals surface area contributed by atoms with Crippen molar-refractivity contribution in [3.63, 3.8) is 0 Å². The highest BCUT2D eigenvalue weighted by atomic mass is 35.5. The lowest BCUT2D eigenvalue weighted by Gasteiger charge is -2.39. The number of benzene rings is 1. The number of anilines is 1. The third-order valence-corrected chi connectivity index (χ3v) is 6.63. The number of aromatic nitrogens is 3. The smallest absolute Gasteiger partial charge is 0.154 e. The lowest BCUT2D eigenvalue weighted by Crippen LogP contribution is -2.49. The van der Waals surface area contributed by atoms with Crippen molar-refractivity contribution in [2.75, 3.05) is 31.1 Å². The molecule has 0 radical (unpaired) electrons. The van der Waals surface area contributed by atoms with Crippen molar-refractivity contribution in [3.05, 3.63) is 53.8 Å². The minimum atomic E-state index is 0.784. The number of rotatable bonds is 4. The van der Waals surface area contributed by atoms with Gasteiger partial charge in [-0.25, -0.2) is 9.50 Å². The zero-order valence-electron chi connectivity index (χ0n) is 16.6. The molecule has 0 spiro atoms. The zero-order valence-corrected chi connectivity index (χ0v) is 17.4. The molecule has 5 nitrogen and oxygen atoms in total. The summed E-state index contributed by atoms with van der Waals surface area (Å²) in [6, 6.07) is 11.0. The third kappa shape index (κ3) is 3.53. The molecule has 0 N–H and O–H groups in total. The van der Waals surface area contributed by atoms with Crippen molar-refractivity contribution in [2.45, 2.75) is 31.7 Å². The Bertz CT molecular complexity index is 1030. The average molecular weight is 408 g/mol. The van der Waals surface area contributed by atoms with Gasteiger partial charge in [0.2, 0.25) is 0 Å². The third-order valence-electron chi connectivity index (χ3n) is 6.33. The van der Waals surface area contributed by atoms with E-state index < -0.39 is 0 Å². The second-order valence-corrected chi connectivity index (χ2v) is 8.41. The topological polar surface area (TPSA) is 36.7 Å². The van der Waals surface area contributed by atoms with Crippen LogP contribution in [0.2, 0.25) is 5.02 Å². The van der Waals surface area contributed by atoms with Gasteiger partial charge in [-0.1, -0.05) is 37.1 Å². The normalized spacial score (nSPS) is 18.6. The first-order valence-corrected chi connectivity index (χ1v) is 10.9. The van der Waals surface area contributed by atoms with Gasteiger partial charge in [0.15, 0.2) is 5.65 Å². The Hall–Kier alpha value is -2.37. The van der Waals surface area contributed by atoms with Crippen LogP contribution < -0.4 is 4.90 Å². The molecule has 1 aromatic carbocycles. The van der Waals surface area contributed by atoms with Gasteiger partial charge >= 0.3 is 0 Å². The van der Waals surface area contributed by atoms with E-state index in [1.54, 1.807) is 6.08 Å². The molecule has 1 aliphatic heterocycles. The summed E-state index contributed by atoms with van der Waals surface area (Å²) >= 11 is 6.73. The number of piperazine rings is 1. The van der Waals surface area contributed by atoms with Gasteiger partial charge in [0.25, 0.3) is 0 Å². The van der Waals surface area contributed by atoms with Crippen LogP contribution in [0, 0.1) is 0 Å². The molecule has 2 fully saturated rings. The number of halogens is 1. The number of imidazole rings is 1. The van der Waals surface area contributed by atoms with E-state index in [1.807, 2.05) is 28.9 Å². The molecule has 29 heavy (non-hydrogen) atoms. The number of hydrogen-bond donors (Lipinski definition) is 0. The molecular formula is C23H26ClN5. The Morgan fingerprint density at radius 3 is 2.55 bits per heavy atom. The Labute approximate surface area is 176 Å². The maximum atomic E-state index is 6.73. The molecule has 1 aliphatic carbocycles. The second kappa shape index (κ2) is 7.81. The van der Waals surface area contributed by atoms with Gasteiger partial charge in [-0.05, 0) is 43.2 Å². The van der Waals surface area contributed by atoms with E-state index in [2.05, 4.69) is 38.6 Å². The van der Waals surface area contributed by atoms with Crippen molar-refractivity contribution in [1.29, 1.82) is 0 Å². The molecule has 1 saturated heterocycles. The molecule has 150 valence electrons. The number of hydrogen-bond acceptors (Lipinski definition) is 4. The summed E-state index contributed by atoms with van der Waals surface area (Å²) in [4.78, 5) is 9.56. The molecule has 1 saturated carbocycles. The van der Waals surface area contributed by atoms with Crippen molar-refractivity contribution in [3.8, 4) is 11.3 Å². The van der Waals surface area contributed by atoms with Crippen LogP contribution in [-0.2, 0) is 0 Å². The highest BCUT2D eigenvalue weighted by Crippen LogP contribution is 2.33. The van der Waals surface area contributed by atoms with Crippen LogP contribution in [0.15, 0.2) is 43.1 Å². The molecule has 6 heteroatoms. The summed E-state index contributed by atoms with van der Waals surface area (Å²) in [5.74, 6) is 0. The van der Waals surface area contributed by atoms with Crippen LogP contribution in [0.25, 0.3) is 23.0 Å². The minimum absolute atomic E-state index is 0.784. The summed E-state index contributed by atoms with van der Waals surface area (Å²) < 4.78 is 1.85. The van der Waals surface area contributed by atoms with Crippen LogP contribution in [-0.4, -0.2) is 51.7 Å². The fourth-order valence-corrected chi connectivity index (χ4v) is 5.01. The van der Waals surface area contributed by atoms with Crippen molar-refractivity contribution < 1.29 is 0 Å². The van der Waals surface area contributed by atoms with Crippen LogP contribution >= 0.6 is 11.6 Å². The molecular weight excluding hydrogens is 382 g/mol. The molecule has 0 amide bonds. The quantitative estimate of drug-likeness (QED) is 0.625. The Kier molecular flexibility index (Phi) is 5.02. The van der Waals surface area contributed by atoms with Crippen molar-refractivity contribution in [2.24, 2.45) is 0 Å². The predicted molar refractivity (Wildman–Crippen MR) is 120 cm³/mol. The van der Waals surface area contributed by atoms with E-state index in [0.29, 0.717) is 0 Å². The Morgan fingerprint density at radius 2 is 1.83 bits per heavy atom. The molecule has 5 rings (SSSR count). The van der Waals surface area contributed by atoms with Crippen LogP contribution in [0.4, 0.5) is 5.69 Å². The highest BCUT2D eigenvalue weighted by Gasteiger charge is 2.26. The number of fused-ring (bicyclic) bond motifs is 1.